The van der Waals surface area contributed by atoms with Crippen LogP contribution in [-0.2, 0) is 0 Å². The second kappa shape index (κ2) is 4.42. The molecule has 2 heteroatoms. The van der Waals surface area contributed by atoms with Crippen LogP contribution in [-0.4, -0.2) is 6.21 Å². The topological polar surface area (TPSA) is 25.5 Å². The molecule has 0 bridgehead atoms. The largest absolute Gasteiger partial charge is 0.463 e. The minimum Gasteiger partial charge on any atom is -0.463 e. The first-order valence-corrected chi connectivity index (χ1v) is 4.56. The summed E-state index contributed by atoms with van der Waals surface area (Å²) in [5, 5.41) is 0. The predicted molar refractivity (Wildman–Crippen MR) is 57.3 cm³/mol. The number of aliphatic imine (C=N–C) groups is 1. The molecule has 1 aromatic rings. The zero-order valence-corrected chi connectivity index (χ0v) is 7.76. The number of nitrogens with zero attached hydrogens (tertiary/aromatic N) is 1. The zero-order valence-electron chi connectivity index (χ0n) is 7.76. The quantitative estimate of drug-likeness (QED) is 0.650. The summed E-state index contributed by atoms with van der Waals surface area (Å²) in [6.45, 7) is 0. The lowest BCUT2D eigenvalue weighted by Gasteiger charge is -1.89. The van der Waals surface area contributed by atoms with Crippen LogP contribution in [0.15, 0.2) is 63.9 Å². The standard InChI is InChI=1S/C12H11NO/c1-2-4-7-11(6-3-1)13-10-12-8-5-9-14-12/h1,3-10H,2H2/b13-10+. The van der Waals surface area contributed by atoms with Crippen molar-refractivity contribution in [2.75, 3.05) is 0 Å². The van der Waals surface area contributed by atoms with Crippen molar-refractivity contribution in [1.82, 2.24) is 0 Å². The maximum Gasteiger partial charge on any atom is 0.144 e. The molecule has 0 saturated heterocycles. The summed E-state index contributed by atoms with van der Waals surface area (Å²) in [5.74, 6) is 0.771. The molecule has 0 saturated carbocycles. The van der Waals surface area contributed by atoms with Crippen molar-refractivity contribution in [3.8, 4) is 0 Å². The van der Waals surface area contributed by atoms with Gasteiger partial charge in [0.15, 0.2) is 0 Å². The van der Waals surface area contributed by atoms with Crippen molar-refractivity contribution in [3.05, 3.63) is 60.2 Å². The molecular formula is C12H11NO. The highest BCUT2D eigenvalue weighted by Gasteiger charge is 1.91. The summed E-state index contributed by atoms with van der Waals surface area (Å²) >= 11 is 0. The Bertz CT molecular complexity index is 394. The molecule has 2 nitrogen and oxygen atoms in total. The average molecular weight is 185 g/mol. The lowest BCUT2D eigenvalue weighted by atomic mass is 10.3. The molecule has 0 unspecified atom stereocenters. The third-order valence-electron chi connectivity index (χ3n) is 1.85. The highest BCUT2D eigenvalue weighted by molar-refractivity contribution is 5.76. The minimum atomic E-state index is 0.771. The molecule has 0 fully saturated rings. The van der Waals surface area contributed by atoms with Gasteiger partial charge in [0.2, 0.25) is 0 Å². The molecule has 0 N–H and O–H groups in total. The molecule has 70 valence electrons. The Kier molecular flexibility index (Phi) is 2.76. The van der Waals surface area contributed by atoms with Crippen LogP contribution in [0.4, 0.5) is 0 Å². The summed E-state index contributed by atoms with van der Waals surface area (Å²) in [7, 11) is 0. The smallest absolute Gasteiger partial charge is 0.144 e. The maximum absolute atomic E-state index is 5.14. The van der Waals surface area contributed by atoms with Gasteiger partial charge in [-0.25, -0.2) is 0 Å². The molecule has 0 radical (unpaired) electrons. The first-order valence-electron chi connectivity index (χ1n) is 4.56. The highest BCUT2D eigenvalue weighted by Crippen LogP contribution is 2.06. The van der Waals surface area contributed by atoms with Gasteiger partial charge in [0.05, 0.1) is 18.2 Å². The van der Waals surface area contributed by atoms with Crippen LogP contribution in [0.3, 0.4) is 0 Å². The Morgan fingerprint density at radius 2 is 2.36 bits per heavy atom. The molecule has 0 amide bonds. The highest BCUT2D eigenvalue weighted by atomic mass is 16.3. The molecule has 1 heterocycles. The van der Waals surface area contributed by atoms with E-state index >= 15 is 0 Å². The van der Waals surface area contributed by atoms with Crippen LogP contribution in [0.5, 0.6) is 0 Å². The number of rotatable bonds is 2. The van der Waals surface area contributed by atoms with E-state index in [1.54, 1.807) is 12.5 Å². The van der Waals surface area contributed by atoms with E-state index in [2.05, 4.69) is 17.1 Å². The summed E-state index contributed by atoms with van der Waals surface area (Å²) in [5.41, 5.74) is 0.940. The monoisotopic (exact) mass is 185 g/mol. The summed E-state index contributed by atoms with van der Waals surface area (Å²) in [4.78, 5) is 4.29. The molecule has 14 heavy (non-hydrogen) atoms. The van der Waals surface area contributed by atoms with E-state index in [0.29, 0.717) is 0 Å². The molecule has 2 rings (SSSR count). The Labute approximate surface area is 83.0 Å². The molecule has 0 aliphatic heterocycles. The number of hydrogen-bond donors (Lipinski definition) is 0. The van der Waals surface area contributed by atoms with Crippen molar-refractivity contribution >= 4 is 6.21 Å². The Balaban J connectivity index is 2.10. The van der Waals surface area contributed by atoms with Gasteiger partial charge >= 0.3 is 0 Å². The summed E-state index contributed by atoms with van der Waals surface area (Å²) in [6.07, 6.45) is 14.5. The lowest BCUT2D eigenvalue weighted by molar-refractivity contribution is 0.560. The zero-order chi connectivity index (χ0) is 9.64. The van der Waals surface area contributed by atoms with E-state index in [1.807, 2.05) is 30.4 Å². The van der Waals surface area contributed by atoms with Crippen molar-refractivity contribution < 1.29 is 4.42 Å². The average Bonchev–Trinajstić information content (AvgIpc) is 2.58. The molecule has 0 aromatic carbocycles. The summed E-state index contributed by atoms with van der Waals surface area (Å²) < 4.78 is 5.14. The van der Waals surface area contributed by atoms with Crippen LogP contribution in [0.1, 0.15) is 12.2 Å². The van der Waals surface area contributed by atoms with Crippen LogP contribution in [0.2, 0.25) is 0 Å². The van der Waals surface area contributed by atoms with E-state index in [0.717, 1.165) is 17.9 Å². The van der Waals surface area contributed by atoms with Gasteiger partial charge in [0.1, 0.15) is 5.76 Å². The van der Waals surface area contributed by atoms with Crippen molar-refractivity contribution in [2.45, 2.75) is 6.42 Å². The summed E-state index contributed by atoms with van der Waals surface area (Å²) in [6, 6.07) is 3.72. The van der Waals surface area contributed by atoms with Crippen molar-refractivity contribution in [1.29, 1.82) is 0 Å². The fraction of sp³-hybridized carbons (Fsp3) is 0.0833. The molecule has 1 aromatic heterocycles. The van der Waals surface area contributed by atoms with E-state index in [1.165, 1.54) is 0 Å². The van der Waals surface area contributed by atoms with Gasteiger partial charge in [-0.05, 0) is 30.7 Å². The molecule has 1 aliphatic carbocycles. The number of hydrogen-bond acceptors (Lipinski definition) is 2. The van der Waals surface area contributed by atoms with Crippen LogP contribution in [0.25, 0.3) is 0 Å². The Hall–Kier alpha value is -1.83. The Morgan fingerprint density at radius 1 is 1.36 bits per heavy atom. The van der Waals surface area contributed by atoms with Gasteiger partial charge in [-0.2, -0.15) is 0 Å². The van der Waals surface area contributed by atoms with Gasteiger partial charge in [-0.15, -0.1) is 0 Å². The van der Waals surface area contributed by atoms with Gasteiger partial charge in [0.25, 0.3) is 0 Å². The normalized spacial score (nSPS) is 15.9. The molecule has 1 aliphatic rings. The molecule has 0 atom stereocenters. The fourth-order valence-electron chi connectivity index (χ4n) is 1.16. The fourth-order valence-corrected chi connectivity index (χ4v) is 1.16. The number of furan rings is 1. The van der Waals surface area contributed by atoms with Crippen molar-refractivity contribution in [3.63, 3.8) is 0 Å². The second-order valence-electron chi connectivity index (χ2n) is 2.93. The van der Waals surface area contributed by atoms with Gasteiger partial charge in [-0.3, -0.25) is 4.99 Å². The first-order chi connectivity index (χ1) is 6.95. The van der Waals surface area contributed by atoms with E-state index in [4.69, 9.17) is 4.42 Å². The Morgan fingerprint density at radius 3 is 3.21 bits per heavy atom. The lowest BCUT2D eigenvalue weighted by Crippen LogP contribution is -1.76. The van der Waals surface area contributed by atoms with Gasteiger partial charge in [-0.1, -0.05) is 18.2 Å². The van der Waals surface area contributed by atoms with E-state index < -0.39 is 0 Å². The number of allylic oxidation sites excluding steroid dienone is 5. The third-order valence-corrected chi connectivity index (χ3v) is 1.85. The third kappa shape index (κ3) is 2.33. The van der Waals surface area contributed by atoms with Crippen LogP contribution in [0, 0.1) is 0 Å². The maximum atomic E-state index is 5.14. The predicted octanol–water partition coefficient (Wildman–Crippen LogP) is 3.10. The second-order valence-corrected chi connectivity index (χ2v) is 2.93. The van der Waals surface area contributed by atoms with E-state index in [-0.39, 0.29) is 0 Å². The van der Waals surface area contributed by atoms with Crippen LogP contribution < -0.4 is 0 Å². The van der Waals surface area contributed by atoms with E-state index in [9.17, 15) is 0 Å². The molecular weight excluding hydrogens is 174 g/mol. The van der Waals surface area contributed by atoms with Crippen molar-refractivity contribution in [2.24, 2.45) is 4.99 Å². The van der Waals surface area contributed by atoms with Gasteiger partial charge in [0, 0.05) is 0 Å². The van der Waals surface area contributed by atoms with Crippen LogP contribution >= 0.6 is 0 Å². The SMILES string of the molecule is C1=CCC=CC(/N=C/c2ccco2)=C1. The minimum absolute atomic E-state index is 0.771. The first kappa shape index (κ1) is 8.75. The molecule has 0 spiro atoms. The van der Waals surface area contributed by atoms with Gasteiger partial charge < -0.3 is 4.42 Å².